The summed E-state index contributed by atoms with van der Waals surface area (Å²) in [5, 5.41) is 37.4. The third-order valence-electron chi connectivity index (χ3n) is 5.71. The van der Waals surface area contributed by atoms with Crippen LogP contribution in [0.2, 0.25) is 0 Å². The lowest BCUT2D eigenvalue weighted by Gasteiger charge is -2.70. The molecular weight excluding hydrogens is 272 g/mol. The van der Waals surface area contributed by atoms with Crippen molar-refractivity contribution in [2.45, 2.75) is 27.7 Å². The molecule has 0 aromatic rings. The van der Waals surface area contributed by atoms with Crippen LogP contribution < -0.4 is 0 Å². The first-order valence-corrected chi connectivity index (χ1v) is 5.71. The van der Waals surface area contributed by atoms with E-state index in [1.165, 1.54) is 0 Å². The molecule has 0 atom stereocenters. The molecule has 0 bridgehead atoms. The maximum Gasteiger partial charge on any atom is 0.311 e. The van der Waals surface area contributed by atoms with Crippen molar-refractivity contribution in [3.63, 3.8) is 0 Å². The minimum atomic E-state index is -2.27. The van der Waals surface area contributed by atoms with E-state index in [0.29, 0.717) is 0 Å². The van der Waals surface area contributed by atoms with Gasteiger partial charge in [0.05, 0.1) is 21.7 Å². The Morgan fingerprint density at radius 1 is 0.500 bits per heavy atom. The summed E-state index contributed by atoms with van der Waals surface area (Å²) in [4.78, 5) is 46.1. The summed E-state index contributed by atoms with van der Waals surface area (Å²) in [5.41, 5.74) is -9.09. The Morgan fingerprint density at radius 3 is 0.650 bits per heavy atom. The summed E-state index contributed by atoms with van der Waals surface area (Å²) in [7, 11) is 0. The van der Waals surface area contributed by atoms with Crippen LogP contribution in [0.3, 0.4) is 0 Å². The Kier molecular flexibility index (Phi) is 2.95. The van der Waals surface area contributed by atoms with E-state index in [4.69, 9.17) is 0 Å². The molecule has 1 rings (SSSR count). The summed E-state index contributed by atoms with van der Waals surface area (Å²) >= 11 is 0. The average molecular weight is 288 g/mol. The molecule has 1 aliphatic carbocycles. The van der Waals surface area contributed by atoms with E-state index in [1.807, 2.05) is 0 Å². The van der Waals surface area contributed by atoms with E-state index in [-0.39, 0.29) is 0 Å². The van der Waals surface area contributed by atoms with Crippen molar-refractivity contribution in [1.29, 1.82) is 0 Å². The normalized spacial score (nSPS) is 43.4. The lowest BCUT2D eigenvalue weighted by Crippen LogP contribution is -2.84. The summed E-state index contributed by atoms with van der Waals surface area (Å²) in [6, 6.07) is 0. The Bertz CT molecular complexity index is 428. The number of carboxylic acids is 4. The van der Waals surface area contributed by atoms with E-state index in [1.54, 1.807) is 0 Å². The largest absolute Gasteiger partial charge is 0.481 e. The summed E-state index contributed by atoms with van der Waals surface area (Å²) < 4.78 is 0. The molecule has 1 saturated carbocycles. The minimum Gasteiger partial charge on any atom is -0.481 e. The molecule has 0 amide bonds. The second kappa shape index (κ2) is 3.71. The van der Waals surface area contributed by atoms with Crippen molar-refractivity contribution < 1.29 is 39.6 Å². The zero-order valence-corrected chi connectivity index (χ0v) is 11.4. The number of carboxylic acid groups (broad SMARTS) is 4. The number of hydrogen-bond donors (Lipinski definition) is 4. The lowest BCUT2D eigenvalue weighted by atomic mass is 9.26. The first-order valence-electron chi connectivity index (χ1n) is 5.71. The number of hydrogen-bond acceptors (Lipinski definition) is 4. The third kappa shape index (κ3) is 1.05. The number of carbonyl (C=O) groups is 4. The fourth-order valence-corrected chi connectivity index (χ4v) is 3.65. The van der Waals surface area contributed by atoms with E-state index >= 15 is 0 Å². The smallest absolute Gasteiger partial charge is 0.311 e. The lowest BCUT2D eigenvalue weighted by molar-refractivity contribution is -0.293. The van der Waals surface area contributed by atoms with Gasteiger partial charge in [0.1, 0.15) is 0 Å². The number of rotatable bonds is 4. The Labute approximate surface area is 114 Å². The zero-order valence-electron chi connectivity index (χ0n) is 11.4. The van der Waals surface area contributed by atoms with Crippen LogP contribution in [0, 0.1) is 21.7 Å². The SMILES string of the molecule is CC1(C(=O)O)C(C)(C(=O)O)[C@](C)(C(=O)O)[C@]1(C)C(=O)O. The van der Waals surface area contributed by atoms with Gasteiger partial charge in [-0.2, -0.15) is 0 Å². The van der Waals surface area contributed by atoms with Crippen molar-refractivity contribution in [1.82, 2.24) is 0 Å². The predicted molar refractivity (Wildman–Crippen MR) is 63.0 cm³/mol. The fourth-order valence-electron chi connectivity index (χ4n) is 3.65. The van der Waals surface area contributed by atoms with Crippen LogP contribution in [-0.2, 0) is 19.2 Å². The van der Waals surface area contributed by atoms with Gasteiger partial charge in [0.15, 0.2) is 0 Å². The molecule has 4 N–H and O–H groups in total. The highest BCUT2D eigenvalue weighted by Gasteiger charge is 2.91. The monoisotopic (exact) mass is 288 g/mol. The van der Waals surface area contributed by atoms with Crippen LogP contribution in [0.1, 0.15) is 27.7 Å². The van der Waals surface area contributed by atoms with E-state index < -0.39 is 45.5 Å². The molecule has 8 nitrogen and oxygen atoms in total. The van der Waals surface area contributed by atoms with Crippen LogP contribution in [0.15, 0.2) is 0 Å². The van der Waals surface area contributed by atoms with Crippen LogP contribution in [0.25, 0.3) is 0 Å². The summed E-state index contributed by atoms with van der Waals surface area (Å²) in [5.74, 6) is -6.64. The van der Waals surface area contributed by atoms with Crippen molar-refractivity contribution in [3.05, 3.63) is 0 Å². The molecule has 0 aromatic heterocycles. The van der Waals surface area contributed by atoms with Crippen LogP contribution in [-0.4, -0.2) is 44.3 Å². The first kappa shape index (κ1) is 15.9. The van der Waals surface area contributed by atoms with Gasteiger partial charge in [-0.05, 0) is 27.7 Å². The average Bonchev–Trinajstić information content (AvgIpc) is 2.33. The first-order chi connectivity index (χ1) is 8.77. The van der Waals surface area contributed by atoms with Crippen LogP contribution >= 0.6 is 0 Å². The van der Waals surface area contributed by atoms with Gasteiger partial charge in [0.25, 0.3) is 0 Å². The van der Waals surface area contributed by atoms with Gasteiger partial charge in [0, 0.05) is 0 Å². The molecular formula is C12H16O8. The molecule has 0 saturated heterocycles. The van der Waals surface area contributed by atoms with Gasteiger partial charge in [-0.1, -0.05) is 0 Å². The zero-order chi connectivity index (χ0) is 16.3. The molecule has 112 valence electrons. The van der Waals surface area contributed by atoms with Gasteiger partial charge in [-0.15, -0.1) is 0 Å². The fraction of sp³-hybridized carbons (Fsp3) is 0.667. The highest BCUT2D eigenvalue weighted by molar-refractivity contribution is 6.05. The Morgan fingerprint density at radius 2 is 0.600 bits per heavy atom. The van der Waals surface area contributed by atoms with Gasteiger partial charge >= 0.3 is 23.9 Å². The Balaban J connectivity index is 3.86. The van der Waals surface area contributed by atoms with Crippen molar-refractivity contribution in [2.24, 2.45) is 21.7 Å². The molecule has 1 fully saturated rings. The summed E-state index contributed by atoms with van der Waals surface area (Å²) in [6.07, 6.45) is 0. The van der Waals surface area contributed by atoms with Gasteiger partial charge in [0.2, 0.25) is 0 Å². The van der Waals surface area contributed by atoms with Crippen LogP contribution in [0.5, 0.6) is 0 Å². The highest BCUT2D eigenvalue weighted by atomic mass is 16.4. The molecule has 0 radical (unpaired) electrons. The molecule has 0 aliphatic heterocycles. The van der Waals surface area contributed by atoms with Gasteiger partial charge in [-0.3, -0.25) is 19.2 Å². The molecule has 0 heterocycles. The van der Waals surface area contributed by atoms with Crippen LogP contribution in [0.4, 0.5) is 0 Å². The van der Waals surface area contributed by atoms with Gasteiger partial charge < -0.3 is 20.4 Å². The molecule has 0 aromatic carbocycles. The maximum atomic E-state index is 11.5. The van der Waals surface area contributed by atoms with Crippen molar-refractivity contribution in [3.8, 4) is 0 Å². The predicted octanol–water partition coefficient (Wildman–Crippen LogP) is 0.364. The highest BCUT2D eigenvalue weighted by Crippen LogP contribution is 2.78. The Hall–Kier alpha value is -2.12. The van der Waals surface area contributed by atoms with E-state index in [2.05, 4.69) is 0 Å². The van der Waals surface area contributed by atoms with E-state index in [9.17, 15) is 39.6 Å². The number of aliphatic carboxylic acids is 4. The maximum absolute atomic E-state index is 11.5. The quantitative estimate of drug-likeness (QED) is 0.579. The van der Waals surface area contributed by atoms with Crippen molar-refractivity contribution >= 4 is 23.9 Å². The second-order valence-corrected chi connectivity index (χ2v) is 5.72. The topological polar surface area (TPSA) is 149 Å². The van der Waals surface area contributed by atoms with E-state index in [0.717, 1.165) is 27.7 Å². The molecule has 20 heavy (non-hydrogen) atoms. The second-order valence-electron chi connectivity index (χ2n) is 5.72. The standard InChI is InChI=1S/C12H16O8/c1-9(5(13)14)10(2,6(15)16)12(4,8(19)20)11(9,3)7(17)18/h1-4H3,(H,13,14)(H,15,16)(H,17,18)(H,19,20)/t9-,10+,11?,12?. The molecule has 8 heteroatoms. The van der Waals surface area contributed by atoms with Crippen molar-refractivity contribution in [2.75, 3.05) is 0 Å². The molecule has 1 aliphatic rings. The summed E-state index contributed by atoms with van der Waals surface area (Å²) in [6.45, 7) is 3.84. The third-order valence-corrected chi connectivity index (χ3v) is 5.71. The minimum absolute atomic E-state index is 0.961. The molecule has 0 spiro atoms. The molecule has 0 unspecified atom stereocenters. The van der Waals surface area contributed by atoms with Gasteiger partial charge in [-0.25, -0.2) is 0 Å².